The second-order valence-electron chi connectivity index (χ2n) is 7.76. The van der Waals surface area contributed by atoms with Crippen LogP contribution in [0.1, 0.15) is 58.9 Å². The molecule has 0 amide bonds. The van der Waals surface area contributed by atoms with Crippen LogP contribution in [0.2, 0.25) is 0 Å². The van der Waals surface area contributed by atoms with Gasteiger partial charge in [-0.25, -0.2) is 0 Å². The van der Waals surface area contributed by atoms with Gasteiger partial charge in [0.2, 0.25) is 0 Å². The van der Waals surface area contributed by atoms with Gasteiger partial charge >= 0.3 is 0 Å². The normalized spacial score (nSPS) is 22.2. The van der Waals surface area contributed by atoms with Crippen LogP contribution in [0, 0.1) is 5.41 Å². The van der Waals surface area contributed by atoms with Gasteiger partial charge in [-0.2, -0.15) is 0 Å². The highest BCUT2D eigenvalue weighted by molar-refractivity contribution is 9.11. The first-order chi connectivity index (χ1) is 12.3. The summed E-state index contributed by atoms with van der Waals surface area (Å²) in [6.07, 6.45) is 5.15. The van der Waals surface area contributed by atoms with E-state index in [0.29, 0.717) is 13.0 Å². The van der Waals surface area contributed by atoms with Crippen molar-refractivity contribution in [2.24, 2.45) is 5.41 Å². The van der Waals surface area contributed by atoms with Crippen LogP contribution < -0.4 is 0 Å². The van der Waals surface area contributed by atoms with Crippen LogP contribution in [0.3, 0.4) is 0 Å². The molecule has 0 radical (unpaired) electrons. The van der Waals surface area contributed by atoms with Crippen molar-refractivity contribution >= 4 is 15.9 Å². The molecule has 0 aliphatic heterocycles. The van der Waals surface area contributed by atoms with E-state index < -0.39 is 6.10 Å². The lowest BCUT2D eigenvalue weighted by Crippen LogP contribution is -2.44. The highest BCUT2D eigenvalue weighted by Crippen LogP contribution is 2.46. The molecular formula is C23H31BrO2. The SMILES string of the molecule is CC(C)=C=C(C)C[C@@H](O)[C@H](OCc1ccccc1)[C@]1(C)CCCC=C1Br. The van der Waals surface area contributed by atoms with Crippen molar-refractivity contribution in [3.8, 4) is 0 Å². The number of ether oxygens (including phenoxy) is 1. The van der Waals surface area contributed by atoms with Gasteiger partial charge in [-0.1, -0.05) is 59.3 Å². The summed E-state index contributed by atoms with van der Waals surface area (Å²) in [4.78, 5) is 0. The third kappa shape index (κ3) is 5.69. The minimum Gasteiger partial charge on any atom is -0.390 e. The topological polar surface area (TPSA) is 29.5 Å². The van der Waals surface area contributed by atoms with Crippen LogP contribution in [-0.4, -0.2) is 17.3 Å². The second-order valence-corrected chi connectivity index (χ2v) is 8.61. The van der Waals surface area contributed by atoms with Crippen molar-refractivity contribution in [1.29, 1.82) is 0 Å². The maximum absolute atomic E-state index is 11.1. The highest BCUT2D eigenvalue weighted by atomic mass is 79.9. The molecule has 3 heteroatoms. The number of rotatable bonds is 7. The van der Waals surface area contributed by atoms with Crippen molar-refractivity contribution in [1.82, 2.24) is 0 Å². The number of benzene rings is 1. The molecular weight excluding hydrogens is 388 g/mol. The Kier molecular flexibility index (Phi) is 7.91. The van der Waals surface area contributed by atoms with Gasteiger partial charge in [0.25, 0.3) is 0 Å². The molecule has 26 heavy (non-hydrogen) atoms. The Balaban J connectivity index is 2.24. The van der Waals surface area contributed by atoms with Crippen molar-refractivity contribution < 1.29 is 9.84 Å². The van der Waals surface area contributed by atoms with Crippen LogP contribution in [-0.2, 0) is 11.3 Å². The number of halogens is 1. The monoisotopic (exact) mass is 418 g/mol. The van der Waals surface area contributed by atoms with Crippen molar-refractivity contribution in [3.05, 3.63) is 63.3 Å². The fourth-order valence-corrected chi connectivity index (χ4v) is 4.36. The van der Waals surface area contributed by atoms with E-state index in [4.69, 9.17) is 4.74 Å². The molecule has 3 atom stereocenters. The zero-order valence-corrected chi connectivity index (χ0v) is 18.0. The maximum Gasteiger partial charge on any atom is 0.0940 e. The molecule has 1 aliphatic rings. The molecule has 0 aromatic heterocycles. The Labute approximate surface area is 166 Å². The van der Waals surface area contributed by atoms with E-state index in [-0.39, 0.29) is 11.5 Å². The minimum absolute atomic E-state index is 0.211. The summed E-state index contributed by atoms with van der Waals surface area (Å²) in [6.45, 7) is 8.79. The Morgan fingerprint density at radius 2 is 1.96 bits per heavy atom. The predicted molar refractivity (Wildman–Crippen MR) is 112 cm³/mol. The molecule has 0 spiro atoms. The summed E-state index contributed by atoms with van der Waals surface area (Å²) < 4.78 is 7.49. The molecule has 142 valence electrons. The van der Waals surface area contributed by atoms with Gasteiger partial charge < -0.3 is 9.84 Å². The lowest BCUT2D eigenvalue weighted by molar-refractivity contribution is -0.0995. The lowest BCUT2D eigenvalue weighted by atomic mass is 9.73. The average Bonchev–Trinajstić information content (AvgIpc) is 2.58. The van der Waals surface area contributed by atoms with Crippen LogP contribution in [0.25, 0.3) is 0 Å². The van der Waals surface area contributed by atoms with Gasteiger partial charge in [0.1, 0.15) is 0 Å². The van der Waals surface area contributed by atoms with Crippen molar-refractivity contribution in [2.75, 3.05) is 0 Å². The summed E-state index contributed by atoms with van der Waals surface area (Å²) in [5, 5.41) is 11.1. The molecule has 0 saturated carbocycles. The number of aliphatic hydroxyl groups is 1. The van der Waals surface area contributed by atoms with Crippen LogP contribution in [0.15, 0.2) is 57.8 Å². The quantitative estimate of drug-likeness (QED) is 0.526. The van der Waals surface area contributed by atoms with E-state index in [2.05, 4.69) is 46.8 Å². The highest BCUT2D eigenvalue weighted by Gasteiger charge is 2.42. The molecule has 0 bridgehead atoms. The standard InChI is InChI=1S/C23H31BrO2/c1-17(2)14-18(3)15-20(25)22(23(4)13-9-8-12-21(23)24)26-16-19-10-6-5-7-11-19/h5-7,10-12,20,22,25H,8-9,13,15-16H2,1-4H3/t20-,22+,23-/m1/s1. The summed E-state index contributed by atoms with van der Waals surface area (Å²) in [5.74, 6) is 0. The van der Waals surface area contributed by atoms with E-state index in [1.807, 2.05) is 39.0 Å². The average molecular weight is 419 g/mol. The van der Waals surface area contributed by atoms with Crippen LogP contribution in [0.4, 0.5) is 0 Å². The smallest absolute Gasteiger partial charge is 0.0940 e. The fourth-order valence-electron chi connectivity index (χ4n) is 3.71. The number of allylic oxidation sites excluding steroid dienone is 1. The summed E-state index contributed by atoms with van der Waals surface area (Å²) in [5.41, 5.74) is 6.42. The van der Waals surface area contributed by atoms with Crippen molar-refractivity contribution in [3.63, 3.8) is 0 Å². The zero-order chi connectivity index (χ0) is 19.2. The van der Waals surface area contributed by atoms with Gasteiger partial charge in [-0.05, 0) is 61.2 Å². The largest absolute Gasteiger partial charge is 0.390 e. The first kappa shape index (κ1) is 21.2. The molecule has 1 aromatic rings. The molecule has 2 nitrogen and oxygen atoms in total. The lowest BCUT2D eigenvalue weighted by Gasteiger charge is -2.42. The molecule has 2 rings (SSSR count). The molecule has 1 N–H and O–H groups in total. The fraction of sp³-hybridized carbons (Fsp3) is 0.522. The number of hydrogen-bond acceptors (Lipinski definition) is 2. The Morgan fingerprint density at radius 3 is 2.58 bits per heavy atom. The Hall–Kier alpha value is -1.12. The molecule has 0 saturated heterocycles. The Morgan fingerprint density at radius 1 is 1.27 bits per heavy atom. The van der Waals surface area contributed by atoms with E-state index >= 15 is 0 Å². The van der Waals surface area contributed by atoms with E-state index in [0.717, 1.165) is 40.5 Å². The van der Waals surface area contributed by atoms with E-state index in [9.17, 15) is 5.11 Å². The molecule has 1 aliphatic carbocycles. The molecule has 1 aromatic carbocycles. The second kappa shape index (κ2) is 9.71. The maximum atomic E-state index is 11.1. The third-order valence-electron chi connectivity index (χ3n) is 5.00. The number of aliphatic hydroxyl groups excluding tert-OH is 1. The predicted octanol–water partition coefficient (Wildman–Crippen LogP) is 6.30. The van der Waals surface area contributed by atoms with Crippen LogP contribution in [0.5, 0.6) is 0 Å². The van der Waals surface area contributed by atoms with Gasteiger partial charge in [0.15, 0.2) is 0 Å². The van der Waals surface area contributed by atoms with Gasteiger partial charge in [0, 0.05) is 11.8 Å². The summed E-state index contributed by atoms with van der Waals surface area (Å²) in [7, 11) is 0. The Bertz CT molecular complexity index is 681. The minimum atomic E-state index is -0.574. The van der Waals surface area contributed by atoms with Crippen molar-refractivity contribution in [2.45, 2.75) is 72.2 Å². The van der Waals surface area contributed by atoms with Gasteiger partial charge in [0.05, 0.1) is 18.8 Å². The van der Waals surface area contributed by atoms with Gasteiger partial charge in [-0.3, -0.25) is 0 Å². The summed E-state index contributed by atoms with van der Waals surface area (Å²) >= 11 is 3.76. The van der Waals surface area contributed by atoms with Crippen LogP contribution >= 0.6 is 15.9 Å². The van der Waals surface area contributed by atoms with Gasteiger partial charge in [-0.15, -0.1) is 5.73 Å². The van der Waals surface area contributed by atoms with E-state index in [1.165, 1.54) is 0 Å². The number of hydrogen-bond donors (Lipinski definition) is 1. The summed E-state index contributed by atoms with van der Waals surface area (Å²) in [6, 6.07) is 10.2. The molecule has 0 unspecified atom stereocenters. The van der Waals surface area contributed by atoms with E-state index in [1.54, 1.807) is 0 Å². The first-order valence-electron chi connectivity index (χ1n) is 9.42. The first-order valence-corrected chi connectivity index (χ1v) is 10.2. The molecule has 0 fully saturated rings. The zero-order valence-electron chi connectivity index (χ0n) is 16.4. The third-order valence-corrected chi connectivity index (χ3v) is 6.23. The molecule has 0 heterocycles.